The number of benzene rings is 7. The number of nitrogens with zero attached hydrogens (tertiary/aromatic N) is 3. The molecule has 0 atom stereocenters. The first-order valence-corrected chi connectivity index (χ1v) is 15.5. The zero-order valence-corrected chi connectivity index (χ0v) is 24.9. The molecule has 0 bridgehead atoms. The number of pyridine rings is 1. The molecule has 2 heterocycles. The molecule has 214 valence electrons. The molecule has 0 aliphatic carbocycles. The van der Waals surface area contributed by atoms with Crippen LogP contribution in [0.5, 0.6) is 0 Å². The van der Waals surface area contributed by atoms with Crippen molar-refractivity contribution in [3.63, 3.8) is 0 Å². The second-order valence-electron chi connectivity index (χ2n) is 11.6. The predicted octanol–water partition coefficient (Wildman–Crippen LogP) is 11.2. The summed E-state index contributed by atoms with van der Waals surface area (Å²) in [6.45, 7) is 0. The Labute approximate surface area is 266 Å². The van der Waals surface area contributed by atoms with E-state index in [1.807, 2.05) is 18.2 Å². The van der Waals surface area contributed by atoms with Crippen LogP contribution in [0.4, 0.5) is 0 Å². The van der Waals surface area contributed by atoms with Crippen molar-refractivity contribution in [2.75, 3.05) is 0 Å². The molecule has 0 unspecified atom stereocenters. The summed E-state index contributed by atoms with van der Waals surface area (Å²) < 4.78 is 0. The molecule has 0 amide bonds. The molecule has 2 aromatic heterocycles. The lowest BCUT2D eigenvalue weighted by Crippen LogP contribution is -1.95. The zero-order valence-electron chi connectivity index (χ0n) is 24.9. The van der Waals surface area contributed by atoms with E-state index >= 15 is 0 Å². The van der Waals surface area contributed by atoms with E-state index in [9.17, 15) is 0 Å². The molecular formula is C43H27N3. The van der Waals surface area contributed by atoms with Gasteiger partial charge in [0.05, 0.1) is 22.4 Å². The SMILES string of the molecule is c1ccc(-c2ccc(-c3nc(-c4ccc(-c5nc6ccccc6c6c5ccc5ccccc56)cc4)c4ccccc4n3)cc2)cc1. The van der Waals surface area contributed by atoms with Gasteiger partial charge in [-0.1, -0.05) is 152 Å². The van der Waals surface area contributed by atoms with Gasteiger partial charge in [0, 0.05) is 38.2 Å². The summed E-state index contributed by atoms with van der Waals surface area (Å²) in [5.74, 6) is 0.714. The average molecular weight is 586 g/mol. The summed E-state index contributed by atoms with van der Waals surface area (Å²) >= 11 is 0. The number of fused-ring (bicyclic) bond motifs is 6. The molecule has 3 nitrogen and oxygen atoms in total. The fourth-order valence-corrected chi connectivity index (χ4v) is 6.60. The summed E-state index contributed by atoms with van der Waals surface area (Å²) in [5, 5.41) is 7.07. The van der Waals surface area contributed by atoms with E-state index in [0.29, 0.717) is 5.82 Å². The molecule has 0 saturated carbocycles. The first-order chi connectivity index (χ1) is 22.8. The Hall–Kier alpha value is -6.19. The van der Waals surface area contributed by atoms with Crippen molar-refractivity contribution in [2.24, 2.45) is 0 Å². The number of aromatic nitrogens is 3. The van der Waals surface area contributed by atoms with Crippen LogP contribution < -0.4 is 0 Å². The average Bonchev–Trinajstić information content (AvgIpc) is 3.14. The third-order valence-corrected chi connectivity index (χ3v) is 8.88. The van der Waals surface area contributed by atoms with Gasteiger partial charge in [-0.15, -0.1) is 0 Å². The van der Waals surface area contributed by atoms with Gasteiger partial charge in [-0.25, -0.2) is 15.0 Å². The second kappa shape index (κ2) is 10.8. The lowest BCUT2D eigenvalue weighted by molar-refractivity contribution is 1.23. The summed E-state index contributed by atoms with van der Waals surface area (Å²) in [4.78, 5) is 15.3. The lowest BCUT2D eigenvalue weighted by atomic mass is 9.94. The molecule has 3 heteroatoms. The van der Waals surface area contributed by atoms with Crippen molar-refractivity contribution in [1.29, 1.82) is 0 Å². The monoisotopic (exact) mass is 585 g/mol. The van der Waals surface area contributed by atoms with Crippen LogP contribution in [0.2, 0.25) is 0 Å². The number of rotatable bonds is 4. The topological polar surface area (TPSA) is 38.7 Å². The van der Waals surface area contributed by atoms with Crippen LogP contribution in [0.15, 0.2) is 164 Å². The van der Waals surface area contributed by atoms with Crippen molar-refractivity contribution in [3.05, 3.63) is 164 Å². The molecule has 0 radical (unpaired) electrons. The first-order valence-electron chi connectivity index (χ1n) is 15.5. The fourth-order valence-electron chi connectivity index (χ4n) is 6.60. The largest absolute Gasteiger partial charge is 0.247 e. The highest BCUT2D eigenvalue weighted by atomic mass is 14.9. The Kier molecular flexibility index (Phi) is 6.14. The molecule has 9 aromatic rings. The van der Waals surface area contributed by atoms with Gasteiger partial charge in [-0.2, -0.15) is 0 Å². The number of hydrogen-bond acceptors (Lipinski definition) is 3. The van der Waals surface area contributed by atoms with E-state index in [0.717, 1.165) is 49.9 Å². The first kappa shape index (κ1) is 26.2. The zero-order chi connectivity index (χ0) is 30.5. The van der Waals surface area contributed by atoms with Crippen molar-refractivity contribution in [2.45, 2.75) is 0 Å². The highest BCUT2D eigenvalue weighted by Crippen LogP contribution is 2.38. The van der Waals surface area contributed by atoms with E-state index in [1.165, 1.54) is 32.7 Å². The normalized spacial score (nSPS) is 11.5. The molecule has 9 rings (SSSR count). The van der Waals surface area contributed by atoms with Crippen molar-refractivity contribution in [1.82, 2.24) is 15.0 Å². The van der Waals surface area contributed by atoms with Gasteiger partial charge in [0.1, 0.15) is 0 Å². The van der Waals surface area contributed by atoms with E-state index in [-0.39, 0.29) is 0 Å². The molecule has 0 aliphatic rings. The van der Waals surface area contributed by atoms with Gasteiger partial charge < -0.3 is 0 Å². The predicted molar refractivity (Wildman–Crippen MR) is 192 cm³/mol. The molecule has 0 N–H and O–H groups in total. The Balaban J connectivity index is 1.16. The maximum atomic E-state index is 5.19. The minimum Gasteiger partial charge on any atom is -0.247 e. The Bertz CT molecular complexity index is 2540. The van der Waals surface area contributed by atoms with Crippen LogP contribution in [0.1, 0.15) is 0 Å². The molecule has 46 heavy (non-hydrogen) atoms. The number of hydrogen-bond donors (Lipinski definition) is 0. The fraction of sp³-hybridized carbons (Fsp3) is 0. The quantitative estimate of drug-likeness (QED) is 0.193. The Morgan fingerprint density at radius 1 is 0.283 bits per heavy atom. The van der Waals surface area contributed by atoms with Gasteiger partial charge in [-0.05, 0) is 34.0 Å². The Morgan fingerprint density at radius 2 is 0.804 bits per heavy atom. The lowest BCUT2D eigenvalue weighted by Gasteiger charge is -2.13. The summed E-state index contributed by atoms with van der Waals surface area (Å²) in [6, 6.07) is 57.3. The minimum absolute atomic E-state index is 0.714. The van der Waals surface area contributed by atoms with E-state index in [1.54, 1.807) is 0 Å². The van der Waals surface area contributed by atoms with Gasteiger partial charge in [0.25, 0.3) is 0 Å². The van der Waals surface area contributed by atoms with Crippen LogP contribution in [-0.2, 0) is 0 Å². The van der Waals surface area contributed by atoms with Crippen molar-refractivity contribution < 1.29 is 0 Å². The molecule has 0 spiro atoms. The van der Waals surface area contributed by atoms with Crippen molar-refractivity contribution in [3.8, 4) is 45.0 Å². The van der Waals surface area contributed by atoms with Gasteiger partial charge in [0.15, 0.2) is 5.82 Å². The highest BCUT2D eigenvalue weighted by Gasteiger charge is 2.15. The van der Waals surface area contributed by atoms with Crippen LogP contribution in [0.25, 0.3) is 88.4 Å². The van der Waals surface area contributed by atoms with Gasteiger partial charge in [0.2, 0.25) is 0 Å². The van der Waals surface area contributed by atoms with Crippen LogP contribution in [0, 0.1) is 0 Å². The third kappa shape index (κ3) is 4.41. The molecule has 0 fully saturated rings. The summed E-state index contributed by atoms with van der Waals surface area (Å²) in [7, 11) is 0. The maximum absolute atomic E-state index is 5.19. The van der Waals surface area contributed by atoms with Crippen LogP contribution in [-0.4, -0.2) is 15.0 Å². The second-order valence-corrected chi connectivity index (χ2v) is 11.6. The van der Waals surface area contributed by atoms with E-state index < -0.39 is 0 Å². The van der Waals surface area contributed by atoms with E-state index in [2.05, 4.69) is 146 Å². The summed E-state index contributed by atoms with van der Waals surface area (Å²) in [5.41, 5.74) is 9.29. The molecule has 0 saturated heterocycles. The maximum Gasteiger partial charge on any atom is 0.160 e. The van der Waals surface area contributed by atoms with Crippen molar-refractivity contribution >= 4 is 43.4 Å². The summed E-state index contributed by atoms with van der Waals surface area (Å²) in [6.07, 6.45) is 0. The highest BCUT2D eigenvalue weighted by molar-refractivity contribution is 6.22. The number of para-hydroxylation sites is 2. The third-order valence-electron chi connectivity index (χ3n) is 8.88. The molecule has 0 aliphatic heterocycles. The van der Waals surface area contributed by atoms with Gasteiger partial charge in [-0.3, -0.25) is 0 Å². The van der Waals surface area contributed by atoms with E-state index in [4.69, 9.17) is 15.0 Å². The molecular weight excluding hydrogens is 558 g/mol. The smallest absolute Gasteiger partial charge is 0.160 e. The minimum atomic E-state index is 0.714. The standard InChI is InChI=1S/C43H27N3/c1-2-10-28(11-3-1)29-18-24-33(25-19-29)43-45-39-17-9-7-15-36(39)41(46-43)31-20-22-32(23-21-31)42-37-27-26-30-12-4-5-13-34(30)40(37)35-14-6-8-16-38(35)44-42/h1-27H. The Morgan fingerprint density at radius 3 is 1.54 bits per heavy atom. The van der Waals surface area contributed by atoms with Gasteiger partial charge >= 0.3 is 0 Å². The van der Waals surface area contributed by atoms with Crippen LogP contribution in [0.3, 0.4) is 0 Å². The molecule has 7 aromatic carbocycles. The van der Waals surface area contributed by atoms with Crippen LogP contribution >= 0.6 is 0 Å².